The van der Waals surface area contributed by atoms with E-state index in [-0.39, 0.29) is 11.9 Å². The standard InChI is InChI=1S/C28H30N4O3S/c1-3-6-21(9-10-23-19(2)31-18-28(23)34-14-15-35-28)32-27(33)26-25(12-16-36-26)30-17-20-11-13-29-24-8-5-4-7-22(20)24/h3-8,10-13,16,19,30-31H,1,9,14-15,17-18H2,2H3,(H,32,33)/b21-6+,23-10+. The Bertz CT molecular complexity index is 1320. The lowest BCUT2D eigenvalue weighted by Gasteiger charge is -2.23. The second-order valence-corrected chi connectivity index (χ2v) is 9.72. The molecule has 2 fully saturated rings. The van der Waals surface area contributed by atoms with Crippen LogP contribution in [0.3, 0.4) is 0 Å². The van der Waals surface area contributed by atoms with Crippen LogP contribution in [0.1, 0.15) is 28.6 Å². The number of benzene rings is 1. The Labute approximate surface area is 214 Å². The van der Waals surface area contributed by atoms with Crippen molar-refractivity contribution in [3.63, 3.8) is 0 Å². The molecule has 8 heteroatoms. The molecule has 1 amide bonds. The van der Waals surface area contributed by atoms with E-state index in [9.17, 15) is 4.79 Å². The monoisotopic (exact) mass is 502 g/mol. The van der Waals surface area contributed by atoms with E-state index in [1.165, 1.54) is 11.3 Å². The van der Waals surface area contributed by atoms with Crippen LogP contribution < -0.4 is 16.0 Å². The Morgan fingerprint density at radius 3 is 2.94 bits per heavy atom. The van der Waals surface area contributed by atoms with Gasteiger partial charge >= 0.3 is 0 Å². The third kappa shape index (κ3) is 4.99. The molecule has 5 rings (SSSR count). The Kier molecular flexibility index (Phi) is 7.29. The minimum atomic E-state index is -0.690. The van der Waals surface area contributed by atoms with Gasteiger partial charge in [-0.3, -0.25) is 9.78 Å². The highest BCUT2D eigenvalue weighted by Crippen LogP contribution is 2.35. The zero-order valence-electron chi connectivity index (χ0n) is 20.3. The van der Waals surface area contributed by atoms with Crippen molar-refractivity contribution < 1.29 is 14.3 Å². The molecule has 2 aliphatic heterocycles. The second kappa shape index (κ2) is 10.8. The zero-order chi connectivity index (χ0) is 25.0. The molecule has 1 aromatic carbocycles. The normalized spacial score (nSPS) is 20.3. The molecule has 2 aromatic heterocycles. The van der Waals surface area contributed by atoms with Crippen molar-refractivity contribution >= 4 is 33.8 Å². The first kappa shape index (κ1) is 24.4. The first-order chi connectivity index (χ1) is 17.6. The molecule has 7 nitrogen and oxygen atoms in total. The van der Waals surface area contributed by atoms with Crippen molar-refractivity contribution in [2.24, 2.45) is 0 Å². The van der Waals surface area contributed by atoms with Gasteiger partial charge in [-0.05, 0) is 42.1 Å². The lowest BCUT2D eigenvalue weighted by molar-refractivity contribution is -0.110. The molecule has 0 radical (unpaired) electrons. The molecule has 0 bridgehead atoms. The van der Waals surface area contributed by atoms with Crippen LogP contribution in [0.2, 0.25) is 0 Å². The number of anilines is 1. The summed E-state index contributed by atoms with van der Waals surface area (Å²) in [6, 6.07) is 12.1. The number of rotatable bonds is 8. The number of nitrogens with zero attached hydrogens (tertiary/aromatic N) is 1. The molecule has 3 aromatic rings. The number of allylic oxidation sites excluding steroid dienone is 3. The van der Waals surface area contributed by atoms with Crippen molar-refractivity contribution in [3.05, 3.63) is 94.5 Å². The maximum Gasteiger partial charge on any atom is 0.267 e. The molecular weight excluding hydrogens is 472 g/mol. The van der Waals surface area contributed by atoms with E-state index in [1.807, 2.05) is 48.0 Å². The van der Waals surface area contributed by atoms with Gasteiger partial charge in [-0.2, -0.15) is 0 Å². The molecule has 3 N–H and O–H groups in total. The van der Waals surface area contributed by atoms with E-state index in [4.69, 9.17) is 9.47 Å². The van der Waals surface area contributed by atoms with E-state index >= 15 is 0 Å². The van der Waals surface area contributed by atoms with Gasteiger partial charge in [0.2, 0.25) is 5.79 Å². The lowest BCUT2D eigenvalue weighted by Crippen LogP contribution is -2.34. The Balaban J connectivity index is 1.28. The molecule has 1 unspecified atom stereocenters. The number of para-hydroxylation sites is 1. The minimum absolute atomic E-state index is 0.140. The molecule has 186 valence electrons. The largest absolute Gasteiger partial charge is 0.380 e. The van der Waals surface area contributed by atoms with Crippen LogP contribution in [0.15, 0.2) is 84.1 Å². The Hall–Kier alpha value is -3.30. The molecule has 1 spiro atoms. The highest BCUT2D eigenvalue weighted by atomic mass is 32.1. The second-order valence-electron chi connectivity index (χ2n) is 8.80. The van der Waals surface area contributed by atoms with Gasteiger partial charge in [-0.25, -0.2) is 0 Å². The average molecular weight is 503 g/mol. The topological polar surface area (TPSA) is 84.5 Å². The highest BCUT2D eigenvalue weighted by molar-refractivity contribution is 7.12. The summed E-state index contributed by atoms with van der Waals surface area (Å²) in [7, 11) is 0. The fourth-order valence-corrected chi connectivity index (χ4v) is 5.50. The fourth-order valence-electron chi connectivity index (χ4n) is 4.73. The maximum atomic E-state index is 13.2. The van der Waals surface area contributed by atoms with Crippen molar-refractivity contribution in [2.75, 3.05) is 25.1 Å². The van der Waals surface area contributed by atoms with Gasteiger partial charge in [0.05, 0.1) is 31.0 Å². The third-order valence-corrected chi connectivity index (χ3v) is 7.43. The van der Waals surface area contributed by atoms with E-state index in [0.717, 1.165) is 33.4 Å². The maximum absolute atomic E-state index is 13.2. The van der Waals surface area contributed by atoms with Crippen molar-refractivity contribution in [1.82, 2.24) is 15.6 Å². The summed E-state index contributed by atoms with van der Waals surface area (Å²) < 4.78 is 11.9. The van der Waals surface area contributed by atoms with Gasteiger partial charge < -0.3 is 25.4 Å². The summed E-state index contributed by atoms with van der Waals surface area (Å²) in [6.07, 6.45) is 7.95. The molecule has 36 heavy (non-hydrogen) atoms. The van der Waals surface area contributed by atoms with Gasteiger partial charge in [0.15, 0.2) is 0 Å². The first-order valence-electron chi connectivity index (χ1n) is 12.1. The van der Waals surface area contributed by atoms with Gasteiger partial charge in [0, 0.05) is 41.9 Å². The number of hydrogen-bond donors (Lipinski definition) is 3. The SMILES string of the molecule is C=C/C=C(\C/C=C1\C(C)NCC12OCCO2)NC(=O)c1sccc1NCc1ccnc2ccccc12. The number of carbonyl (C=O) groups is 1. The van der Waals surface area contributed by atoms with E-state index in [0.29, 0.717) is 37.6 Å². The number of thiophene rings is 1. The molecule has 2 saturated heterocycles. The summed E-state index contributed by atoms with van der Waals surface area (Å²) in [5.41, 5.74) is 4.70. The predicted octanol–water partition coefficient (Wildman–Crippen LogP) is 4.76. The van der Waals surface area contributed by atoms with Crippen LogP contribution >= 0.6 is 11.3 Å². The third-order valence-electron chi connectivity index (χ3n) is 6.52. The Morgan fingerprint density at radius 1 is 1.28 bits per heavy atom. The quantitative estimate of drug-likeness (QED) is 0.304. The Morgan fingerprint density at radius 2 is 2.11 bits per heavy atom. The molecule has 2 aliphatic rings. The number of hydrogen-bond acceptors (Lipinski definition) is 7. The fraction of sp³-hybridized carbons (Fsp3) is 0.286. The number of nitrogens with one attached hydrogen (secondary N) is 3. The first-order valence-corrected chi connectivity index (χ1v) is 13.0. The number of aromatic nitrogens is 1. The summed E-state index contributed by atoms with van der Waals surface area (Å²) in [6.45, 7) is 8.30. The van der Waals surface area contributed by atoms with Crippen LogP contribution in [-0.2, 0) is 16.0 Å². The van der Waals surface area contributed by atoms with Crippen molar-refractivity contribution in [1.29, 1.82) is 0 Å². The summed E-state index contributed by atoms with van der Waals surface area (Å²) in [5, 5.41) is 12.9. The summed E-state index contributed by atoms with van der Waals surface area (Å²) in [4.78, 5) is 18.3. The van der Waals surface area contributed by atoms with Gasteiger partial charge in [-0.1, -0.05) is 36.9 Å². The van der Waals surface area contributed by atoms with Crippen molar-refractivity contribution in [3.8, 4) is 0 Å². The van der Waals surface area contributed by atoms with Crippen LogP contribution in [0.25, 0.3) is 10.9 Å². The molecule has 0 saturated carbocycles. The predicted molar refractivity (Wildman–Crippen MR) is 144 cm³/mol. The zero-order valence-corrected chi connectivity index (χ0v) is 21.1. The smallest absolute Gasteiger partial charge is 0.267 e. The van der Waals surface area contributed by atoms with Gasteiger partial charge in [-0.15, -0.1) is 11.3 Å². The average Bonchev–Trinajstić information content (AvgIpc) is 3.63. The molecular formula is C28H30N4O3S. The number of ether oxygens (including phenoxy) is 2. The molecule has 0 aliphatic carbocycles. The number of carbonyl (C=O) groups excluding carboxylic acids is 1. The van der Waals surface area contributed by atoms with Gasteiger partial charge in [0.1, 0.15) is 4.88 Å². The minimum Gasteiger partial charge on any atom is -0.380 e. The van der Waals surface area contributed by atoms with E-state index in [2.05, 4.69) is 46.6 Å². The van der Waals surface area contributed by atoms with Crippen LogP contribution in [0.4, 0.5) is 5.69 Å². The van der Waals surface area contributed by atoms with Crippen LogP contribution in [0.5, 0.6) is 0 Å². The van der Waals surface area contributed by atoms with E-state index in [1.54, 1.807) is 6.08 Å². The number of pyridine rings is 1. The lowest BCUT2D eigenvalue weighted by atomic mass is 10.0. The summed E-state index contributed by atoms with van der Waals surface area (Å²) >= 11 is 1.41. The highest BCUT2D eigenvalue weighted by Gasteiger charge is 2.47. The molecule has 1 atom stereocenters. The summed E-state index contributed by atoms with van der Waals surface area (Å²) in [5.74, 6) is -0.843. The van der Waals surface area contributed by atoms with E-state index < -0.39 is 5.79 Å². The van der Waals surface area contributed by atoms with Gasteiger partial charge in [0.25, 0.3) is 5.91 Å². The molecule has 4 heterocycles. The van der Waals surface area contributed by atoms with Crippen molar-refractivity contribution in [2.45, 2.75) is 31.7 Å². The number of amides is 1. The number of fused-ring (bicyclic) bond motifs is 1. The van der Waals surface area contributed by atoms with Crippen LogP contribution in [0, 0.1) is 0 Å². The van der Waals surface area contributed by atoms with Crippen LogP contribution in [-0.4, -0.2) is 42.5 Å².